The average Bonchev–Trinajstić information content (AvgIpc) is 3.23. The number of imidazole rings is 1. The molecule has 1 saturated heterocycles. The highest BCUT2D eigenvalue weighted by atomic mass is 19.4. The standard InChI is InChI=1S/C26H31F3N6O2/c1-37-25(36)23-32-21(31-14-12-16-5-4-6-16)20-22(33-23)34-24(19-7-2-3-13-30-19)35(20)15-17-8-10-18(11-9-17)26(27,28)29/h8-11,16,19,30H,2-7,12-15H2,1H3,(H,31,32,33)/t19-/m1/s1. The number of rotatable bonds is 8. The van der Waals surface area contributed by atoms with Gasteiger partial charge in [-0.1, -0.05) is 37.8 Å². The van der Waals surface area contributed by atoms with Crippen LogP contribution in [0.25, 0.3) is 11.2 Å². The molecule has 1 saturated carbocycles. The summed E-state index contributed by atoms with van der Waals surface area (Å²) in [6.07, 6.45) is 3.26. The Balaban J connectivity index is 1.57. The van der Waals surface area contributed by atoms with E-state index in [-0.39, 0.29) is 11.9 Å². The van der Waals surface area contributed by atoms with E-state index in [1.807, 2.05) is 4.57 Å². The molecule has 1 aromatic carbocycles. The number of nitrogens with one attached hydrogen (secondary N) is 2. The molecular weight excluding hydrogens is 485 g/mol. The zero-order chi connectivity index (χ0) is 26.0. The van der Waals surface area contributed by atoms with Crippen LogP contribution in [0.1, 0.15) is 78.6 Å². The van der Waals surface area contributed by atoms with Crippen molar-refractivity contribution in [2.45, 2.75) is 63.7 Å². The molecule has 3 heterocycles. The number of methoxy groups -OCH3 is 1. The van der Waals surface area contributed by atoms with Crippen LogP contribution in [0.2, 0.25) is 0 Å². The van der Waals surface area contributed by atoms with Gasteiger partial charge in [-0.15, -0.1) is 0 Å². The van der Waals surface area contributed by atoms with Crippen molar-refractivity contribution in [2.24, 2.45) is 5.92 Å². The average molecular weight is 517 g/mol. The summed E-state index contributed by atoms with van der Waals surface area (Å²) < 4.78 is 46.2. The van der Waals surface area contributed by atoms with Gasteiger partial charge in [0.05, 0.1) is 18.7 Å². The van der Waals surface area contributed by atoms with Crippen molar-refractivity contribution in [1.82, 2.24) is 24.8 Å². The van der Waals surface area contributed by atoms with Crippen LogP contribution in [-0.2, 0) is 17.5 Å². The summed E-state index contributed by atoms with van der Waals surface area (Å²) in [4.78, 5) is 26.0. The maximum absolute atomic E-state index is 13.1. The Morgan fingerprint density at radius 1 is 1.11 bits per heavy atom. The van der Waals surface area contributed by atoms with Crippen LogP contribution >= 0.6 is 0 Å². The largest absolute Gasteiger partial charge is 0.463 e. The fraction of sp³-hybridized carbons (Fsp3) is 0.538. The minimum atomic E-state index is -4.40. The fourth-order valence-corrected chi connectivity index (χ4v) is 5.01. The first kappa shape index (κ1) is 25.4. The van der Waals surface area contributed by atoms with E-state index >= 15 is 0 Å². The van der Waals surface area contributed by atoms with E-state index in [1.165, 1.54) is 38.5 Å². The smallest absolute Gasteiger partial charge is 0.416 e. The molecule has 198 valence electrons. The number of esters is 1. The summed E-state index contributed by atoms with van der Waals surface area (Å²) in [5.41, 5.74) is 0.992. The first-order valence-corrected chi connectivity index (χ1v) is 12.8. The second kappa shape index (κ2) is 10.6. The van der Waals surface area contributed by atoms with E-state index in [4.69, 9.17) is 9.72 Å². The van der Waals surface area contributed by atoms with Gasteiger partial charge in [-0.3, -0.25) is 0 Å². The maximum atomic E-state index is 13.1. The van der Waals surface area contributed by atoms with Gasteiger partial charge in [0, 0.05) is 13.1 Å². The van der Waals surface area contributed by atoms with Crippen molar-refractivity contribution in [3.63, 3.8) is 0 Å². The number of carbonyl (C=O) groups excluding carboxylic acids is 1. The molecular formula is C26H31F3N6O2. The lowest BCUT2D eigenvalue weighted by molar-refractivity contribution is -0.137. The van der Waals surface area contributed by atoms with E-state index in [1.54, 1.807) is 0 Å². The lowest BCUT2D eigenvalue weighted by Gasteiger charge is -2.25. The molecule has 0 unspecified atom stereocenters. The number of hydrogen-bond acceptors (Lipinski definition) is 7. The Morgan fingerprint density at radius 2 is 1.89 bits per heavy atom. The Hall–Kier alpha value is -3.21. The molecule has 37 heavy (non-hydrogen) atoms. The molecule has 2 aromatic heterocycles. The van der Waals surface area contributed by atoms with Gasteiger partial charge in [-0.05, 0) is 49.4 Å². The van der Waals surface area contributed by atoms with Crippen LogP contribution in [0.3, 0.4) is 0 Å². The highest BCUT2D eigenvalue weighted by molar-refractivity contribution is 5.91. The number of alkyl halides is 3. The summed E-state index contributed by atoms with van der Waals surface area (Å²) >= 11 is 0. The number of ether oxygens (including phenoxy) is 1. The number of halogens is 3. The van der Waals surface area contributed by atoms with Gasteiger partial charge in [-0.2, -0.15) is 13.2 Å². The molecule has 0 bridgehead atoms. The normalized spacial score (nSPS) is 18.5. The van der Waals surface area contributed by atoms with E-state index in [0.29, 0.717) is 41.6 Å². The summed E-state index contributed by atoms with van der Waals surface area (Å²) in [5, 5.41) is 6.89. The topological polar surface area (TPSA) is 94.0 Å². The highest BCUT2D eigenvalue weighted by Gasteiger charge is 2.30. The van der Waals surface area contributed by atoms with Gasteiger partial charge in [0.15, 0.2) is 11.5 Å². The van der Waals surface area contributed by atoms with E-state index in [9.17, 15) is 18.0 Å². The Morgan fingerprint density at radius 3 is 2.51 bits per heavy atom. The molecule has 0 spiro atoms. The van der Waals surface area contributed by atoms with Crippen molar-refractivity contribution in [3.05, 3.63) is 47.0 Å². The third kappa shape index (κ3) is 5.56. The van der Waals surface area contributed by atoms with Gasteiger partial charge in [-0.25, -0.2) is 19.7 Å². The van der Waals surface area contributed by atoms with Crippen LogP contribution < -0.4 is 10.6 Å². The van der Waals surface area contributed by atoms with Crippen molar-refractivity contribution in [1.29, 1.82) is 0 Å². The SMILES string of the molecule is COC(=O)c1nc(NCCC2CCC2)c2c(n1)nc([C@H]1CCCCN1)n2Cc1ccc(C(F)(F)F)cc1. The Bertz CT molecular complexity index is 1250. The highest BCUT2D eigenvalue weighted by Crippen LogP contribution is 2.33. The lowest BCUT2D eigenvalue weighted by atomic mass is 9.83. The first-order chi connectivity index (χ1) is 17.8. The van der Waals surface area contributed by atoms with Gasteiger partial charge in [0.2, 0.25) is 5.82 Å². The molecule has 5 rings (SSSR count). The van der Waals surface area contributed by atoms with Crippen molar-refractivity contribution in [3.8, 4) is 0 Å². The predicted molar refractivity (Wildman–Crippen MR) is 132 cm³/mol. The van der Waals surface area contributed by atoms with Gasteiger partial charge >= 0.3 is 12.1 Å². The third-order valence-corrected chi connectivity index (χ3v) is 7.31. The zero-order valence-corrected chi connectivity index (χ0v) is 20.8. The van der Waals surface area contributed by atoms with Crippen LogP contribution in [-0.4, -0.2) is 45.7 Å². The summed E-state index contributed by atoms with van der Waals surface area (Å²) in [6, 6.07) is 5.12. The molecule has 1 atom stereocenters. The minimum Gasteiger partial charge on any atom is -0.463 e. The van der Waals surface area contributed by atoms with E-state index < -0.39 is 17.7 Å². The number of fused-ring (bicyclic) bond motifs is 1. The van der Waals surface area contributed by atoms with Gasteiger partial charge in [0.1, 0.15) is 11.3 Å². The van der Waals surface area contributed by atoms with Gasteiger partial charge in [0.25, 0.3) is 0 Å². The molecule has 1 aliphatic heterocycles. The number of nitrogens with zero attached hydrogens (tertiary/aromatic N) is 4. The van der Waals surface area contributed by atoms with Crippen LogP contribution in [0, 0.1) is 5.92 Å². The number of benzene rings is 1. The van der Waals surface area contributed by atoms with Crippen LogP contribution in [0.15, 0.2) is 24.3 Å². The monoisotopic (exact) mass is 516 g/mol. The summed E-state index contributed by atoms with van der Waals surface area (Å²) in [5.74, 6) is 1.16. The molecule has 11 heteroatoms. The second-order valence-electron chi connectivity index (χ2n) is 9.83. The molecule has 1 aliphatic carbocycles. The van der Waals surface area contributed by atoms with E-state index in [2.05, 4.69) is 20.6 Å². The molecule has 2 fully saturated rings. The number of aromatic nitrogens is 4. The van der Waals surface area contributed by atoms with Gasteiger partial charge < -0.3 is 19.9 Å². The number of hydrogen-bond donors (Lipinski definition) is 2. The van der Waals surface area contributed by atoms with Crippen LogP contribution in [0.5, 0.6) is 0 Å². The number of carbonyl (C=O) groups is 1. The second-order valence-corrected chi connectivity index (χ2v) is 9.83. The lowest BCUT2D eigenvalue weighted by Crippen LogP contribution is -2.29. The van der Waals surface area contributed by atoms with E-state index in [0.717, 1.165) is 50.2 Å². The Kier molecular flexibility index (Phi) is 7.32. The quantitative estimate of drug-likeness (QED) is 0.403. The van der Waals surface area contributed by atoms with Crippen molar-refractivity contribution < 1.29 is 22.7 Å². The third-order valence-electron chi connectivity index (χ3n) is 7.31. The summed E-state index contributed by atoms with van der Waals surface area (Å²) in [7, 11) is 1.28. The molecule has 0 amide bonds. The maximum Gasteiger partial charge on any atom is 0.416 e. The molecule has 2 aliphatic rings. The first-order valence-electron chi connectivity index (χ1n) is 12.8. The minimum absolute atomic E-state index is 0.0400. The molecule has 8 nitrogen and oxygen atoms in total. The van der Waals surface area contributed by atoms with Crippen LogP contribution in [0.4, 0.5) is 19.0 Å². The van der Waals surface area contributed by atoms with Crippen molar-refractivity contribution >= 4 is 23.0 Å². The van der Waals surface area contributed by atoms with Crippen molar-refractivity contribution in [2.75, 3.05) is 25.5 Å². The Labute approximate surface area is 213 Å². The molecule has 2 N–H and O–H groups in total. The predicted octanol–water partition coefficient (Wildman–Crippen LogP) is 5.10. The number of anilines is 1. The summed E-state index contributed by atoms with van der Waals surface area (Å²) in [6.45, 7) is 1.82. The molecule has 0 radical (unpaired) electrons. The molecule has 3 aromatic rings. The fourth-order valence-electron chi connectivity index (χ4n) is 5.01. The number of piperidine rings is 1. The zero-order valence-electron chi connectivity index (χ0n) is 20.8.